The number of rotatable bonds is 4. The largest absolute Gasteiger partial charge is 0.496 e. The lowest BCUT2D eigenvalue weighted by molar-refractivity contribution is 0.0597. The van der Waals surface area contributed by atoms with E-state index in [1.54, 1.807) is 25.3 Å². The van der Waals surface area contributed by atoms with Crippen LogP contribution in [0.5, 0.6) is 5.75 Å². The normalized spacial score (nSPS) is 17.8. The number of imide groups is 1. The molecule has 2 aliphatic heterocycles. The number of nitrogens with zero attached hydrogens (tertiary/aromatic N) is 2. The Bertz CT molecular complexity index is 802. The molecule has 2 aromatic carbocycles. The van der Waals surface area contributed by atoms with Crippen LogP contribution in [-0.4, -0.2) is 54.9 Å². The van der Waals surface area contributed by atoms with Crippen LogP contribution in [0.15, 0.2) is 30.3 Å². The molecule has 0 bridgehead atoms. The molecule has 4 rings (SSSR count). The number of methoxy groups -OCH3 is 1. The lowest BCUT2D eigenvalue weighted by Gasteiger charge is -2.29. The fraction of sp³-hybridized carbons (Fsp3) is 0.368. The molecule has 0 saturated carbocycles. The van der Waals surface area contributed by atoms with E-state index in [1.807, 2.05) is 12.1 Å². The Morgan fingerprint density at radius 3 is 2.38 bits per heavy atom. The van der Waals surface area contributed by atoms with E-state index in [9.17, 15) is 9.59 Å². The molecule has 0 radical (unpaired) electrons. The van der Waals surface area contributed by atoms with Crippen LogP contribution in [0, 0.1) is 0 Å². The minimum atomic E-state index is -0.203. The predicted octanol–water partition coefficient (Wildman–Crippen LogP) is 2.54. The number of ether oxygens (including phenoxy) is 1. The van der Waals surface area contributed by atoms with Crippen LogP contribution >= 0.6 is 0 Å². The van der Waals surface area contributed by atoms with Crippen molar-refractivity contribution in [3.8, 4) is 5.75 Å². The monoisotopic (exact) mass is 324 g/mol. The molecule has 1 saturated heterocycles. The molecule has 2 heterocycles. The zero-order chi connectivity index (χ0) is 16.7. The van der Waals surface area contributed by atoms with Gasteiger partial charge < -0.3 is 9.64 Å². The van der Waals surface area contributed by atoms with Gasteiger partial charge in [0.1, 0.15) is 5.75 Å². The number of hydrogen-bond donors (Lipinski definition) is 0. The molecule has 2 aliphatic rings. The van der Waals surface area contributed by atoms with Crippen molar-refractivity contribution in [2.24, 2.45) is 0 Å². The first-order chi connectivity index (χ1) is 11.7. The SMILES string of the molecule is COc1ccc2c3c(cccc13)C(=O)N(CCN1CCCC1)C2=O. The molecule has 5 heteroatoms. The summed E-state index contributed by atoms with van der Waals surface area (Å²) in [5, 5.41) is 1.53. The van der Waals surface area contributed by atoms with Crippen molar-refractivity contribution in [3.63, 3.8) is 0 Å². The second-order valence-corrected chi connectivity index (χ2v) is 6.35. The Kier molecular flexibility index (Phi) is 3.73. The minimum Gasteiger partial charge on any atom is -0.496 e. The van der Waals surface area contributed by atoms with Crippen molar-refractivity contribution >= 4 is 22.6 Å². The summed E-state index contributed by atoms with van der Waals surface area (Å²) in [6.07, 6.45) is 2.40. The summed E-state index contributed by atoms with van der Waals surface area (Å²) in [6.45, 7) is 3.30. The van der Waals surface area contributed by atoms with Gasteiger partial charge in [-0.05, 0) is 44.1 Å². The Morgan fingerprint density at radius 1 is 0.958 bits per heavy atom. The maximum absolute atomic E-state index is 12.9. The van der Waals surface area contributed by atoms with Crippen molar-refractivity contribution in [2.75, 3.05) is 33.3 Å². The molecular formula is C19H20N2O3. The molecule has 0 atom stereocenters. The van der Waals surface area contributed by atoms with E-state index in [-0.39, 0.29) is 11.8 Å². The van der Waals surface area contributed by atoms with Crippen LogP contribution in [0.25, 0.3) is 10.8 Å². The first-order valence-electron chi connectivity index (χ1n) is 8.39. The number of hydrogen-bond acceptors (Lipinski definition) is 4. The highest BCUT2D eigenvalue weighted by Crippen LogP contribution is 2.35. The summed E-state index contributed by atoms with van der Waals surface area (Å²) < 4.78 is 5.38. The molecule has 124 valence electrons. The van der Waals surface area contributed by atoms with Crippen molar-refractivity contribution in [1.82, 2.24) is 9.80 Å². The van der Waals surface area contributed by atoms with Gasteiger partial charge in [0.25, 0.3) is 11.8 Å². The molecule has 5 nitrogen and oxygen atoms in total. The third-order valence-electron chi connectivity index (χ3n) is 5.01. The van der Waals surface area contributed by atoms with Gasteiger partial charge in [-0.1, -0.05) is 12.1 Å². The third-order valence-corrected chi connectivity index (χ3v) is 5.01. The number of amides is 2. The van der Waals surface area contributed by atoms with Gasteiger partial charge in [0, 0.05) is 35.0 Å². The summed E-state index contributed by atoms with van der Waals surface area (Å²) in [5.41, 5.74) is 1.17. The second kappa shape index (κ2) is 5.91. The number of carbonyl (C=O) groups excluding carboxylic acids is 2. The van der Waals surface area contributed by atoms with Gasteiger partial charge in [-0.25, -0.2) is 0 Å². The molecule has 0 unspecified atom stereocenters. The van der Waals surface area contributed by atoms with Gasteiger partial charge >= 0.3 is 0 Å². The number of benzene rings is 2. The molecule has 0 spiro atoms. The highest BCUT2D eigenvalue weighted by atomic mass is 16.5. The van der Waals surface area contributed by atoms with Crippen LogP contribution in [0.3, 0.4) is 0 Å². The fourth-order valence-corrected chi connectivity index (χ4v) is 3.75. The van der Waals surface area contributed by atoms with Crippen LogP contribution < -0.4 is 4.74 Å². The maximum atomic E-state index is 12.9. The zero-order valence-electron chi connectivity index (χ0n) is 13.7. The van der Waals surface area contributed by atoms with E-state index >= 15 is 0 Å². The van der Waals surface area contributed by atoms with E-state index in [2.05, 4.69) is 4.90 Å². The minimum absolute atomic E-state index is 0.203. The average Bonchev–Trinajstić information content (AvgIpc) is 3.12. The lowest BCUT2D eigenvalue weighted by Crippen LogP contribution is -2.44. The quantitative estimate of drug-likeness (QED) is 0.811. The van der Waals surface area contributed by atoms with Gasteiger partial charge in [-0.2, -0.15) is 0 Å². The summed E-state index contributed by atoms with van der Waals surface area (Å²) in [6, 6.07) is 9.09. The predicted molar refractivity (Wildman–Crippen MR) is 91.5 cm³/mol. The Labute approximate surface area is 140 Å². The van der Waals surface area contributed by atoms with Crippen molar-refractivity contribution < 1.29 is 14.3 Å². The van der Waals surface area contributed by atoms with Gasteiger partial charge in [0.2, 0.25) is 0 Å². The van der Waals surface area contributed by atoms with Crippen molar-refractivity contribution in [3.05, 3.63) is 41.5 Å². The molecule has 0 N–H and O–H groups in total. The van der Waals surface area contributed by atoms with Crippen LogP contribution in [0.1, 0.15) is 33.6 Å². The zero-order valence-corrected chi connectivity index (χ0v) is 13.7. The Morgan fingerprint density at radius 2 is 1.67 bits per heavy atom. The van der Waals surface area contributed by atoms with Crippen LogP contribution in [0.2, 0.25) is 0 Å². The van der Waals surface area contributed by atoms with E-state index in [1.165, 1.54) is 17.7 Å². The standard InChI is InChI=1S/C19H20N2O3/c1-24-16-8-7-15-17-13(16)5-4-6-14(17)18(22)21(19(15)23)12-11-20-9-2-3-10-20/h4-8H,2-3,9-12H2,1H3. The van der Waals surface area contributed by atoms with E-state index < -0.39 is 0 Å². The van der Waals surface area contributed by atoms with Gasteiger partial charge in [-0.15, -0.1) is 0 Å². The van der Waals surface area contributed by atoms with Gasteiger partial charge in [0.05, 0.1) is 7.11 Å². The topological polar surface area (TPSA) is 49.9 Å². The number of likely N-dealkylation sites (tertiary alicyclic amines) is 1. The van der Waals surface area contributed by atoms with Crippen LogP contribution in [-0.2, 0) is 0 Å². The van der Waals surface area contributed by atoms with Crippen molar-refractivity contribution in [1.29, 1.82) is 0 Å². The Balaban J connectivity index is 1.72. The second-order valence-electron chi connectivity index (χ2n) is 6.35. The Hall–Kier alpha value is -2.40. The lowest BCUT2D eigenvalue weighted by atomic mass is 9.93. The van der Waals surface area contributed by atoms with E-state index in [0.29, 0.717) is 28.8 Å². The number of carbonyl (C=O) groups is 2. The fourth-order valence-electron chi connectivity index (χ4n) is 3.75. The smallest absolute Gasteiger partial charge is 0.261 e. The third kappa shape index (κ3) is 2.27. The summed E-state index contributed by atoms with van der Waals surface area (Å²) in [5.74, 6) is 0.276. The molecule has 0 aromatic heterocycles. The first kappa shape index (κ1) is 15.1. The average molecular weight is 324 g/mol. The highest BCUT2D eigenvalue weighted by molar-refractivity contribution is 6.26. The molecule has 2 aromatic rings. The maximum Gasteiger partial charge on any atom is 0.261 e. The summed E-state index contributed by atoms with van der Waals surface area (Å²) >= 11 is 0. The molecule has 1 fully saturated rings. The van der Waals surface area contributed by atoms with Gasteiger partial charge in [-0.3, -0.25) is 14.5 Å². The summed E-state index contributed by atoms with van der Waals surface area (Å²) in [7, 11) is 1.60. The van der Waals surface area contributed by atoms with E-state index in [4.69, 9.17) is 4.74 Å². The molecular weight excluding hydrogens is 304 g/mol. The van der Waals surface area contributed by atoms with Gasteiger partial charge in [0.15, 0.2) is 0 Å². The summed E-state index contributed by atoms with van der Waals surface area (Å²) in [4.78, 5) is 29.4. The highest BCUT2D eigenvalue weighted by Gasteiger charge is 2.33. The van der Waals surface area contributed by atoms with Crippen LogP contribution in [0.4, 0.5) is 0 Å². The molecule has 24 heavy (non-hydrogen) atoms. The molecule has 0 aliphatic carbocycles. The molecule has 2 amide bonds. The van der Waals surface area contributed by atoms with Crippen molar-refractivity contribution in [2.45, 2.75) is 12.8 Å². The van der Waals surface area contributed by atoms with E-state index in [0.717, 1.165) is 25.0 Å². The first-order valence-corrected chi connectivity index (χ1v) is 8.39.